The molecule has 4 nitrogen and oxygen atoms in total. The van der Waals surface area contributed by atoms with Crippen LogP contribution in [-0.4, -0.2) is 15.6 Å². The van der Waals surface area contributed by atoms with Gasteiger partial charge in [0.25, 0.3) is 0 Å². The molecule has 0 saturated heterocycles. The van der Waals surface area contributed by atoms with Crippen molar-refractivity contribution in [2.45, 2.75) is 16.7 Å². The number of benzene rings is 3. The Hall–Kier alpha value is -2.60. The summed E-state index contributed by atoms with van der Waals surface area (Å²) in [6.45, 7) is 2.03. The average Bonchev–Trinajstić information content (AvgIpc) is 2.99. The Balaban J connectivity index is 0.00000272. The summed E-state index contributed by atoms with van der Waals surface area (Å²) in [6.07, 6.45) is 1.80. The first-order chi connectivity index (χ1) is 14.6. The van der Waals surface area contributed by atoms with E-state index < -0.39 is 0 Å². The maximum atomic E-state index is 5.49. The summed E-state index contributed by atoms with van der Waals surface area (Å²) < 4.78 is 4.09. The van der Waals surface area contributed by atoms with E-state index in [9.17, 15) is 0 Å². The molecule has 150 valence electrons. The Morgan fingerprint density at radius 1 is 0.806 bits per heavy atom. The van der Waals surface area contributed by atoms with Crippen LogP contribution in [0.15, 0.2) is 98.6 Å². The Bertz CT molecular complexity index is 1290. The van der Waals surface area contributed by atoms with Gasteiger partial charge in [-0.3, -0.25) is 9.67 Å². The molecule has 0 bridgehead atoms. The molecule has 0 aliphatic heterocycles. The van der Waals surface area contributed by atoms with Crippen LogP contribution >= 0.6 is 0 Å². The average molecular weight is 494 g/mol. The third-order valence-corrected chi connectivity index (χ3v) is 5.60. The predicted molar refractivity (Wildman–Crippen MR) is 126 cm³/mol. The standard InChI is InChI=1S/C24H22N4S2.Zn/c1-17-23(25-16-18-10-6-8-14-21(18)29)24(26-20-13-7-9-15-22(20)30)28(27(17)2)19-11-4-3-5-12-19;/h3-16,29-30H,1-2H3;/q;+2/p-2. The van der Waals surface area contributed by atoms with E-state index in [4.69, 9.17) is 35.2 Å². The van der Waals surface area contributed by atoms with Gasteiger partial charge in [0.15, 0.2) is 5.49 Å². The van der Waals surface area contributed by atoms with Crippen molar-refractivity contribution in [3.8, 4) is 5.69 Å². The molecule has 31 heavy (non-hydrogen) atoms. The molecule has 0 spiro atoms. The van der Waals surface area contributed by atoms with E-state index in [1.807, 2.05) is 102 Å². The number of hydrogen-bond donors (Lipinski definition) is 0. The number of aromatic nitrogens is 2. The fraction of sp³-hybridized carbons (Fsp3) is 0.0833. The number of rotatable bonds is 4. The largest absolute Gasteiger partial charge is 2.00 e. The first-order valence-electron chi connectivity index (χ1n) is 9.51. The molecule has 4 aromatic rings. The maximum Gasteiger partial charge on any atom is 2.00 e. The monoisotopic (exact) mass is 492 g/mol. The van der Waals surface area contributed by atoms with E-state index in [1.54, 1.807) is 6.21 Å². The fourth-order valence-electron chi connectivity index (χ4n) is 3.21. The van der Waals surface area contributed by atoms with Crippen molar-refractivity contribution >= 4 is 42.8 Å². The number of hydrogen-bond acceptors (Lipinski definition) is 4. The number of nitrogens with zero attached hydrogens (tertiary/aromatic N) is 4. The normalized spacial score (nSPS) is 11.6. The molecule has 7 heteroatoms. The van der Waals surface area contributed by atoms with E-state index in [0.717, 1.165) is 38.7 Å². The Kier molecular flexibility index (Phi) is 7.55. The Labute approximate surface area is 205 Å². The molecule has 4 rings (SSSR count). The first kappa shape index (κ1) is 23.1. The molecule has 0 aliphatic rings. The minimum Gasteiger partial charge on any atom is -0.779 e. The van der Waals surface area contributed by atoms with Gasteiger partial charge in [0, 0.05) is 18.9 Å². The summed E-state index contributed by atoms with van der Waals surface area (Å²) in [5, 5.41) is 0. The first-order valence-corrected chi connectivity index (χ1v) is 10.3. The van der Waals surface area contributed by atoms with Crippen molar-refractivity contribution in [1.29, 1.82) is 0 Å². The minimum atomic E-state index is 0. The van der Waals surface area contributed by atoms with Crippen LogP contribution in [-0.2, 0) is 51.8 Å². The van der Waals surface area contributed by atoms with Gasteiger partial charge < -0.3 is 25.3 Å². The second kappa shape index (κ2) is 10.1. The van der Waals surface area contributed by atoms with Gasteiger partial charge in [-0.1, -0.05) is 60.7 Å². The van der Waals surface area contributed by atoms with Crippen LogP contribution < -0.4 is 5.49 Å². The van der Waals surface area contributed by atoms with E-state index in [1.165, 1.54) is 0 Å². The topological polar surface area (TPSA) is 34.6 Å². The predicted octanol–water partition coefficient (Wildman–Crippen LogP) is 4.92. The summed E-state index contributed by atoms with van der Waals surface area (Å²) in [6, 6.07) is 25.5. The molecular weight excluding hydrogens is 474 g/mol. The van der Waals surface area contributed by atoms with Crippen LogP contribution in [0.4, 0.5) is 11.4 Å². The van der Waals surface area contributed by atoms with E-state index in [0.29, 0.717) is 4.90 Å². The van der Waals surface area contributed by atoms with Gasteiger partial charge in [0.2, 0.25) is 0 Å². The molecular formula is C24H20N4S2Zn. The molecule has 0 atom stereocenters. The van der Waals surface area contributed by atoms with Crippen molar-refractivity contribution in [3.63, 3.8) is 0 Å². The van der Waals surface area contributed by atoms with Crippen LogP contribution in [0.3, 0.4) is 0 Å². The zero-order chi connectivity index (χ0) is 21.1. The van der Waals surface area contributed by atoms with Gasteiger partial charge in [-0.05, 0) is 30.7 Å². The molecule has 0 saturated carbocycles. The van der Waals surface area contributed by atoms with Crippen molar-refractivity contribution in [3.05, 3.63) is 95.6 Å². The second-order valence-electron chi connectivity index (χ2n) is 6.80. The van der Waals surface area contributed by atoms with Crippen molar-refractivity contribution in [2.75, 3.05) is 0 Å². The van der Waals surface area contributed by atoms with Crippen molar-refractivity contribution in [2.24, 2.45) is 17.0 Å². The molecule has 3 aromatic carbocycles. The Morgan fingerprint density at radius 2 is 1.42 bits per heavy atom. The second-order valence-corrected chi connectivity index (χ2v) is 7.68. The third-order valence-electron chi connectivity index (χ3n) is 4.88. The molecule has 1 heterocycles. The maximum absolute atomic E-state index is 5.49. The van der Waals surface area contributed by atoms with Gasteiger partial charge in [0.1, 0.15) is 5.69 Å². The summed E-state index contributed by atoms with van der Waals surface area (Å²) in [4.78, 5) is 11.2. The molecule has 0 fully saturated rings. The molecule has 0 aliphatic carbocycles. The molecule has 0 unspecified atom stereocenters. The SMILES string of the molecule is Cc1c(N=Cc2ccccc2[S-])c(=Nc2ccccc2[S-])n(-c2ccccc2)n1C.[Zn+2]. The summed E-state index contributed by atoms with van der Waals surface area (Å²) in [5.41, 5.74) is 5.11. The van der Waals surface area contributed by atoms with Crippen molar-refractivity contribution < 1.29 is 19.5 Å². The van der Waals surface area contributed by atoms with Crippen molar-refractivity contribution in [1.82, 2.24) is 9.36 Å². The number of para-hydroxylation sites is 2. The van der Waals surface area contributed by atoms with Crippen LogP contribution in [0.2, 0.25) is 0 Å². The minimum absolute atomic E-state index is 0. The number of aliphatic imine (C=N–C) groups is 1. The molecule has 0 amide bonds. The van der Waals surface area contributed by atoms with Gasteiger partial charge in [-0.25, -0.2) is 9.67 Å². The van der Waals surface area contributed by atoms with Crippen LogP contribution in [0, 0.1) is 6.92 Å². The zero-order valence-corrected chi connectivity index (χ0v) is 22.0. The van der Waals surface area contributed by atoms with E-state index >= 15 is 0 Å². The summed E-state index contributed by atoms with van der Waals surface area (Å²) >= 11 is 10.9. The van der Waals surface area contributed by atoms with Gasteiger partial charge in [-0.15, -0.1) is 4.90 Å². The van der Waals surface area contributed by atoms with Gasteiger partial charge in [-0.2, -0.15) is 4.90 Å². The van der Waals surface area contributed by atoms with Crippen LogP contribution in [0.25, 0.3) is 5.69 Å². The quantitative estimate of drug-likeness (QED) is 0.230. The molecule has 0 radical (unpaired) electrons. The van der Waals surface area contributed by atoms with E-state index in [-0.39, 0.29) is 19.5 Å². The Morgan fingerprint density at radius 3 is 2.10 bits per heavy atom. The summed E-state index contributed by atoms with van der Waals surface area (Å²) in [5.74, 6) is 0. The molecule has 0 N–H and O–H groups in total. The third kappa shape index (κ3) is 4.85. The molecule has 1 aromatic heterocycles. The van der Waals surface area contributed by atoms with Crippen LogP contribution in [0.1, 0.15) is 11.3 Å². The van der Waals surface area contributed by atoms with Gasteiger partial charge in [0.05, 0.1) is 11.4 Å². The smallest absolute Gasteiger partial charge is 0.779 e. The zero-order valence-electron chi connectivity index (χ0n) is 17.4. The van der Waals surface area contributed by atoms with Crippen LogP contribution in [0.5, 0.6) is 0 Å². The van der Waals surface area contributed by atoms with Gasteiger partial charge >= 0.3 is 19.5 Å². The fourth-order valence-corrected chi connectivity index (χ4v) is 3.60. The van der Waals surface area contributed by atoms with E-state index in [2.05, 4.69) is 0 Å². The summed E-state index contributed by atoms with van der Waals surface area (Å²) in [7, 11) is 2.00.